The van der Waals surface area contributed by atoms with E-state index in [4.69, 9.17) is 16.9 Å². The second-order valence-corrected chi connectivity index (χ2v) is 5.36. The molecule has 0 bridgehead atoms. The SMILES string of the molecule is N#C/C(=C\c1ccc(Cl)s1)c1ccc([N+](=O)[O-])cc1. The molecule has 0 atom stereocenters. The van der Waals surface area contributed by atoms with Gasteiger partial charge in [-0.2, -0.15) is 5.26 Å². The molecule has 19 heavy (non-hydrogen) atoms. The number of nitrogens with zero attached hydrogens (tertiary/aromatic N) is 2. The minimum atomic E-state index is -0.474. The van der Waals surface area contributed by atoms with E-state index >= 15 is 0 Å². The smallest absolute Gasteiger partial charge is 0.258 e. The van der Waals surface area contributed by atoms with Gasteiger partial charge in [0.1, 0.15) is 0 Å². The van der Waals surface area contributed by atoms with Crippen molar-refractivity contribution in [3.63, 3.8) is 0 Å². The standard InChI is InChI=1S/C13H7ClN2O2S/c14-13-6-5-12(19-13)7-10(8-15)9-1-3-11(4-2-9)16(17)18/h1-7H/b10-7+. The number of rotatable bonds is 3. The molecule has 0 saturated heterocycles. The third kappa shape index (κ3) is 3.19. The van der Waals surface area contributed by atoms with Crippen LogP contribution in [0.4, 0.5) is 5.69 Å². The lowest BCUT2D eigenvalue weighted by Crippen LogP contribution is -1.88. The summed E-state index contributed by atoms with van der Waals surface area (Å²) in [5.74, 6) is 0. The molecule has 1 aromatic heterocycles. The fourth-order valence-corrected chi connectivity index (χ4v) is 2.50. The van der Waals surface area contributed by atoms with Crippen LogP contribution in [0.2, 0.25) is 4.34 Å². The van der Waals surface area contributed by atoms with Gasteiger partial charge in [-0.3, -0.25) is 10.1 Å². The Morgan fingerprint density at radius 2 is 2.00 bits per heavy atom. The topological polar surface area (TPSA) is 66.9 Å². The van der Waals surface area contributed by atoms with Gasteiger partial charge in [0.05, 0.1) is 20.9 Å². The van der Waals surface area contributed by atoms with Gasteiger partial charge in [0.15, 0.2) is 0 Å². The summed E-state index contributed by atoms with van der Waals surface area (Å²) >= 11 is 7.18. The first-order valence-electron chi connectivity index (χ1n) is 5.22. The number of non-ortho nitro benzene ring substituents is 1. The number of hydrogen-bond donors (Lipinski definition) is 0. The number of nitro groups is 1. The number of nitro benzene ring substituents is 1. The van der Waals surface area contributed by atoms with Crippen LogP contribution in [0.15, 0.2) is 36.4 Å². The fraction of sp³-hybridized carbons (Fsp3) is 0. The Morgan fingerprint density at radius 1 is 1.32 bits per heavy atom. The highest BCUT2D eigenvalue weighted by Crippen LogP contribution is 2.26. The fourth-order valence-electron chi connectivity index (χ4n) is 1.49. The minimum Gasteiger partial charge on any atom is -0.258 e. The first-order valence-corrected chi connectivity index (χ1v) is 6.41. The van der Waals surface area contributed by atoms with Crippen LogP contribution in [0.25, 0.3) is 11.6 Å². The second kappa shape index (κ2) is 5.65. The molecule has 0 saturated carbocycles. The van der Waals surface area contributed by atoms with Gasteiger partial charge in [-0.1, -0.05) is 11.6 Å². The van der Waals surface area contributed by atoms with Crippen LogP contribution in [-0.2, 0) is 0 Å². The molecular weight excluding hydrogens is 284 g/mol. The Bertz CT molecular complexity index is 683. The van der Waals surface area contributed by atoms with Crippen LogP contribution in [0.5, 0.6) is 0 Å². The highest BCUT2D eigenvalue weighted by atomic mass is 35.5. The largest absolute Gasteiger partial charge is 0.269 e. The summed E-state index contributed by atoms with van der Waals surface area (Å²) in [6.07, 6.45) is 1.71. The summed E-state index contributed by atoms with van der Waals surface area (Å²) in [5, 5.41) is 19.7. The van der Waals surface area contributed by atoms with Gasteiger partial charge in [0, 0.05) is 17.0 Å². The average Bonchev–Trinajstić information content (AvgIpc) is 2.81. The van der Waals surface area contributed by atoms with E-state index in [1.165, 1.54) is 23.5 Å². The number of nitriles is 1. The monoisotopic (exact) mass is 290 g/mol. The Labute approximate surface area is 118 Å². The molecule has 0 aliphatic heterocycles. The Hall–Kier alpha value is -2.16. The first kappa shape index (κ1) is 13.3. The van der Waals surface area contributed by atoms with E-state index in [-0.39, 0.29) is 5.69 Å². The molecule has 0 N–H and O–H groups in total. The summed E-state index contributed by atoms with van der Waals surface area (Å²) in [6, 6.07) is 11.5. The summed E-state index contributed by atoms with van der Waals surface area (Å²) in [7, 11) is 0. The lowest BCUT2D eigenvalue weighted by Gasteiger charge is -1.98. The van der Waals surface area contributed by atoms with Gasteiger partial charge in [-0.05, 0) is 35.9 Å². The molecule has 0 unspecified atom stereocenters. The molecule has 0 fully saturated rings. The molecule has 4 nitrogen and oxygen atoms in total. The van der Waals surface area contributed by atoms with Crippen LogP contribution < -0.4 is 0 Å². The number of benzene rings is 1. The van der Waals surface area contributed by atoms with Gasteiger partial charge < -0.3 is 0 Å². The van der Waals surface area contributed by atoms with E-state index in [1.807, 2.05) is 6.07 Å². The lowest BCUT2D eigenvalue weighted by molar-refractivity contribution is -0.384. The maximum absolute atomic E-state index is 10.6. The quantitative estimate of drug-likeness (QED) is 0.479. The zero-order valence-corrected chi connectivity index (χ0v) is 11.1. The summed E-state index contributed by atoms with van der Waals surface area (Å²) in [4.78, 5) is 10.9. The minimum absolute atomic E-state index is 0.000192. The Balaban J connectivity index is 2.35. The summed E-state index contributed by atoms with van der Waals surface area (Å²) in [5.41, 5.74) is 1.08. The zero-order valence-electron chi connectivity index (χ0n) is 9.54. The van der Waals surface area contributed by atoms with Crippen LogP contribution in [0, 0.1) is 21.4 Å². The predicted octanol–water partition coefficient (Wildman–Crippen LogP) is 4.37. The van der Waals surface area contributed by atoms with Crippen molar-refractivity contribution in [2.75, 3.05) is 0 Å². The van der Waals surface area contributed by atoms with Crippen molar-refractivity contribution in [3.8, 4) is 6.07 Å². The van der Waals surface area contributed by atoms with Crippen LogP contribution in [0.1, 0.15) is 10.4 Å². The molecular formula is C13H7ClN2O2S. The van der Waals surface area contributed by atoms with Gasteiger partial charge in [-0.25, -0.2) is 0 Å². The van der Waals surface area contributed by atoms with Gasteiger partial charge in [0.2, 0.25) is 0 Å². The summed E-state index contributed by atoms with van der Waals surface area (Å²) < 4.78 is 0.646. The number of thiophene rings is 1. The van der Waals surface area contributed by atoms with Crippen LogP contribution in [0.3, 0.4) is 0 Å². The van der Waals surface area contributed by atoms with Crippen molar-refractivity contribution < 1.29 is 4.92 Å². The van der Waals surface area contributed by atoms with E-state index in [0.717, 1.165) is 4.88 Å². The van der Waals surface area contributed by atoms with Crippen molar-refractivity contribution in [1.29, 1.82) is 5.26 Å². The van der Waals surface area contributed by atoms with E-state index < -0.39 is 4.92 Å². The lowest BCUT2D eigenvalue weighted by atomic mass is 10.1. The molecule has 2 rings (SSSR count). The maximum Gasteiger partial charge on any atom is 0.269 e. The van der Waals surface area contributed by atoms with Crippen molar-refractivity contribution in [3.05, 3.63) is 61.3 Å². The first-order chi connectivity index (χ1) is 9.10. The third-order valence-corrected chi connectivity index (χ3v) is 3.57. The second-order valence-electron chi connectivity index (χ2n) is 3.62. The predicted molar refractivity (Wildman–Crippen MR) is 75.9 cm³/mol. The molecule has 94 valence electrons. The average molecular weight is 291 g/mol. The van der Waals surface area contributed by atoms with Crippen LogP contribution in [-0.4, -0.2) is 4.92 Å². The van der Waals surface area contributed by atoms with Gasteiger partial charge in [-0.15, -0.1) is 11.3 Å². The van der Waals surface area contributed by atoms with E-state index in [1.54, 1.807) is 24.3 Å². The Morgan fingerprint density at radius 3 is 2.47 bits per heavy atom. The van der Waals surface area contributed by atoms with E-state index in [0.29, 0.717) is 15.5 Å². The number of halogens is 1. The normalized spacial score (nSPS) is 11.1. The molecule has 1 aromatic carbocycles. The maximum atomic E-state index is 10.6. The number of hydrogen-bond acceptors (Lipinski definition) is 4. The van der Waals surface area contributed by atoms with E-state index in [9.17, 15) is 10.1 Å². The zero-order chi connectivity index (χ0) is 13.8. The molecule has 2 aromatic rings. The highest BCUT2D eigenvalue weighted by molar-refractivity contribution is 7.17. The molecule has 0 radical (unpaired) electrons. The Kier molecular flexibility index (Phi) is 3.95. The van der Waals surface area contributed by atoms with Gasteiger partial charge in [0.25, 0.3) is 5.69 Å². The van der Waals surface area contributed by atoms with Crippen molar-refractivity contribution >= 4 is 40.3 Å². The molecule has 0 amide bonds. The molecule has 6 heteroatoms. The van der Waals surface area contributed by atoms with Crippen molar-refractivity contribution in [2.45, 2.75) is 0 Å². The van der Waals surface area contributed by atoms with Crippen molar-refractivity contribution in [1.82, 2.24) is 0 Å². The molecule has 0 aliphatic carbocycles. The van der Waals surface area contributed by atoms with Crippen LogP contribution >= 0.6 is 22.9 Å². The van der Waals surface area contributed by atoms with Crippen molar-refractivity contribution in [2.24, 2.45) is 0 Å². The third-order valence-electron chi connectivity index (χ3n) is 2.39. The highest BCUT2D eigenvalue weighted by Gasteiger charge is 2.07. The van der Waals surface area contributed by atoms with Gasteiger partial charge >= 0.3 is 0 Å². The molecule has 0 aliphatic rings. The molecule has 0 spiro atoms. The van der Waals surface area contributed by atoms with E-state index in [2.05, 4.69) is 6.07 Å². The number of allylic oxidation sites excluding steroid dienone is 1. The molecule has 1 heterocycles. The summed E-state index contributed by atoms with van der Waals surface area (Å²) in [6.45, 7) is 0.